The first-order valence-corrected chi connectivity index (χ1v) is 5.68. The smallest absolute Gasteiger partial charge is 0.0543 e. The topological polar surface area (TPSA) is 20.2 Å². The molecule has 0 saturated heterocycles. The first-order valence-electron chi connectivity index (χ1n) is 5.68. The van der Waals surface area contributed by atoms with Gasteiger partial charge >= 0.3 is 0 Å². The predicted octanol–water partition coefficient (Wildman–Crippen LogP) is 3.45. The van der Waals surface area contributed by atoms with E-state index in [2.05, 4.69) is 26.0 Å². The molecule has 0 aromatic rings. The molecule has 1 rings (SSSR count). The van der Waals surface area contributed by atoms with E-state index in [-0.39, 0.29) is 6.10 Å². The van der Waals surface area contributed by atoms with Crippen molar-refractivity contribution >= 4 is 0 Å². The van der Waals surface area contributed by atoms with Crippen LogP contribution in [-0.4, -0.2) is 11.2 Å². The van der Waals surface area contributed by atoms with Gasteiger partial charge in [-0.05, 0) is 39.0 Å². The van der Waals surface area contributed by atoms with Crippen LogP contribution in [0.2, 0.25) is 0 Å². The van der Waals surface area contributed by atoms with Crippen LogP contribution in [0.4, 0.5) is 0 Å². The number of aliphatic hydroxyl groups excluding tert-OH is 1. The van der Waals surface area contributed by atoms with Crippen LogP contribution in [0, 0.1) is 5.92 Å². The Morgan fingerprint density at radius 1 is 1.50 bits per heavy atom. The van der Waals surface area contributed by atoms with Gasteiger partial charge in [0.1, 0.15) is 0 Å². The minimum absolute atomic E-state index is 0.175. The molecular weight excluding hydrogens is 172 g/mol. The maximum Gasteiger partial charge on any atom is 0.0543 e. The van der Waals surface area contributed by atoms with Crippen LogP contribution in [0.1, 0.15) is 46.5 Å². The average molecular weight is 194 g/mol. The third-order valence-corrected chi connectivity index (χ3v) is 3.25. The fourth-order valence-electron chi connectivity index (χ4n) is 2.07. The number of hydrogen-bond acceptors (Lipinski definition) is 1. The molecule has 0 aliphatic heterocycles. The number of rotatable bonds is 4. The van der Waals surface area contributed by atoms with Gasteiger partial charge in [-0.25, -0.2) is 0 Å². The van der Waals surface area contributed by atoms with Gasteiger partial charge in [0.05, 0.1) is 6.10 Å². The minimum atomic E-state index is -0.175. The van der Waals surface area contributed by atoms with E-state index in [1.807, 2.05) is 6.92 Å². The Morgan fingerprint density at radius 3 is 2.71 bits per heavy atom. The SMILES string of the molecule is CCC(CC1=C(C)C=CCC1)C(C)O. The van der Waals surface area contributed by atoms with E-state index in [1.54, 1.807) is 5.57 Å². The zero-order valence-corrected chi connectivity index (χ0v) is 9.59. The first-order chi connectivity index (χ1) is 6.65. The normalized spacial score (nSPS) is 21.1. The summed E-state index contributed by atoms with van der Waals surface area (Å²) in [5.74, 6) is 0.437. The van der Waals surface area contributed by atoms with Crippen molar-refractivity contribution in [1.82, 2.24) is 0 Å². The molecule has 1 N–H and O–H groups in total. The van der Waals surface area contributed by atoms with Gasteiger partial charge < -0.3 is 5.11 Å². The monoisotopic (exact) mass is 194 g/mol. The van der Waals surface area contributed by atoms with E-state index < -0.39 is 0 Å². The first kappa shape index (κ1) is 11.5. The maximum atomic E-state index is 9.59. The third kappa shape index (κ3) is 2.98. The second-order valence-electron chi connectivity index (χ2n) is 4.34. The summed E-state index contributed by atoms with van der Waals surface area (Å²) in [6.45, 7) is 6.24. The zero-order chi connectivity index (χ0) is 10.6. The van der Waals surface area contributed by atoms with Gasteiger partial charge in [0, 0.05) is 0 Å². The summed E-state index contributed by atoms with van der Waals surface area (Å²) in [5, 5.41) is 9.59. The summed E-state index contributed by atoms with van der Waals surface area (Å²) in [6, 6.07) is 0. The molecule has 0 amide bonds. The van der Waals surface area contributed by atoms with Crippen LogP contribution in [0.25, 0.3) is 0 Å². The standard InChI is InChI=1S/C13H22O/c1-4-12(11(3)14)9-13-8-6-5-7-10(13)2/h5,7,11-12,14H,4,6,8-9H2,1-3H3. The van der Waals surface area contributed by atoms with Crippen molar-refractivity contribution in [3.05, 3.63) is 23.3 Å². The van der Waals surface area contributed by atoms with E-state index in [4.69, 9.17) is 0 Å². The lowest BCUT2D eigenvalue weighted by Crippen LogP contribution is -2.17. The van der Waals surface area contributed by atoms with Gasteiger partial charge in [-0.1, -0.05) is 36.6 Å². The Kier molecular flexibility index (Phi) is 4.40. The molecule has 0 aromatic heterocycles. The van der Waals surface area contributed by atoms with Crippen LogP contribution in [0.3, 0.4) is 0 Å². The van der Waals surface area contributed by atoms with E-state index in [0.29, 0.717) is 5.92 Å². The van der Waals surface area contributed by atoms with Crippen molar-refractivity contribution in [2.75, 3.05) is 0 Å². The largest absolute Gasteiger partial charge is 0.393 e. The summed E-state index contributed by atoms with van der Waals surface area (Å²) in [6.07, 6.45) is 8.78. The molecule has 0 bridgehead atoms. The highest BCUT2D eigenvalue weighted by atomic mass is 16.3. The molecule has 1 nitrogen and oxygen atoms in total. The number of allylic oxidation sites excluding steroid dienone is 4. The molecular formula is C13H22O. The Hall–Kier alpha value is -0.560. The molecule has 1 aliphatic carbocycles. The fourth-order valence-corrected chi connectivity index (χ4v) is 2.07. The molecule has 14 heavy (non-hydrogen) atoms. The molecule has 0 saturated carbocycles. The second kappa shape index (κ2) is 5.35. The lowest BCUT2D eigenvalue weighted by molar-refractivity contribution is 0.122. The van der Waals surface area contributed by atoms with Gasteiger partial charge in [-0.3, -0.25) is 0 Å². The van der Waals surface area contributed by atoms with Crippen molar-refractivity contribution in [3.63, 3.8) is 0 Å². The van der Waals surface area contributed by atoms with Crippen molar-refractivity contribution < 1.29 is 5.11 Å². The maximum absolute atomic E-state index is 9.59. The zero-order valence-electron chi connectivity index (χ0n) is 9.59. The fraction of sp³-hybridized carbons (Fsp3) is 0.692. The quantitative estimate of drug-likeness (QED) is 0.726. The molecule has 2 atom stereocenters. The molecule has 0 spiro atoms. The summed E-state index contributed by atoms with van der Waals surface area (Å²) >= 11 is 0. The number of aliphatic hydroxyl groups is 1. The molecule has 0 radical (unpaired) electrons. The molecule has 1 heteroatoms. The Labute approximate surface area is 87.5 Å². The van der Waals surface area contributed by atoms with Crippen molar-refractivity contribution in [3.8, 4) is 0 Å². The Balaban J connectivity index is 2.61. The molecule has 2 unspecified atom stereocenters. The van der Waals surface area contributed by atoms with Gasteiger partial charge in [0.2, 0.25) is 0 Å². The van der Waals surface area contributed by atoms with Crippen LogP contribution >= 0.6 is 0 Å². The highest BCUT2D eigenvalue weighted by Gasteiger charge is 2.16. The predicted molar refractivity (Wildman–Crippen MR) is 61.2 cm³/mol. The molecule has 80 valence electrons. The molecule has 0 fully saturated rings. The summed E-state index contributed by atoms with van der Waals surface area (Å²) < 4.78 is 0. The summed E-state index contributed by atoms with van der Waals surface area (Å²) in [7, 11) is 0. The third-order valence-electron chi connectivity index (χ3n) is 3.25. The van der Waals surface area contributed by atoms with Gasteiger partial charge in [0.25, 0.3) is 0 Å². The molecule has 0 heterocycles. The van der Waals surface area contributed by atoms with Crippen molar-refractivity contribution in [2.45, 2.75) is 52.6 Å². The van der Waals surface area contributed by atoms with E-state index in [9.17, 15) is 5.11 Å². The lowest BCUT2D eigenvalue weighted by Gasteiger charge is -2.22. The van der Waals surface area contributed by atoms with Crippen LogP contribution in [0.15, 0.2) is 23.3 Å². The van der Waals surface area contributed by atoms with E-state index in [1.165, 1.54) is 18.4 Å². The van der Waals surface area contributed by atoms with Crippen molar-refractivity contribution in [1.29, 1.82) is 0 Å². The van der Waals surface area contributed by atoms with Crippen LogP contribution < -0.4 is 0 Å². The van der Waals surface area contributed by atoms with Crippen molar-refractivity contribution in [2.24, 2.45) is 5.92 Å². The van der Waals surface area contributed by atoms with Crippen LogP contribution in [0.5, 0.6) is 0 Å². The molecule has 1 aliphatic rings. The summed E-state index contributed by atoms with van der Waals surface area (Å²) in [5.41, 5.74) is 2.95. The lowest BCUT2D eigenvalue weighted by atomic mass is 9.86. The van der Waals surface area contributed by atoms with E-state index >= 15 is 0 Å². The minimum Gasteiger partial charge on any atom is -0.393 e. The van der Waals surface area contributed by atoms with E-state index in [0.717, 1.165) is 12.8 Å². The highest BCUT2D eigenvalue weighted by molar-refractivity contribution is 5.27. The highest BCUT2D eigenvalue weighted by Crippen LogP contribution is 2.27. The van der Waals surface area contributed by atoms with Gasteiger partial charge in [-0.2, -0.15) is 0 Å². The number of hydrogen-bond donors (Lipinski definition) is 1. The van der Waals surface area contributed by atoms with Gasteiger partial charge in [-0.15, -0.1) is 0 Å². The second-order valence-corrected chi connectivity index (χ2v) is 4.34. The Bertz CT molecular complexity index is 236. The average Bonchev–Trinajstić information content (AvgIpc) is 2.16. The Morgan fingerprint density at radius 2 is 2.21 bits per heavy atom. The molecule has 0 aromatic carbocycles. The van der Waals surface area contributed by atoms with Crippen LogP contribution in [-0.2, 0) is 0 Å². The summed E-state index contributed by atoms with van der Waals surface area (Å²) in [4.78, 5) is 0. The van der Waals surface area contributed by atoms with Gasteiger partial charge in [0.15, 0.2) is 0 Å².